The second kappa shape index (κ2) is 6.05. The molecule has 1 aliphatic rings. The summed E-state index contributed by atoms with van der Waals surface area (Å²) in [6, 6.07) is 12.4. The molecule has 1 N–H and O–H groups in total. The maximum atomic E-state index is 12.7. The average molecular weight is 329 g/mol. The zero-order valence-corrected chi connectivity index (χ0v) is 13.7. The Morgan fingerprint density at radius 3 is 2.52 bits per heavy atom. The average Bonchev–Trinajstić information content (AvgIpc) is 2.62. The van der Waals surface area contributed by atoms with E-state index in [1.807, 2.05) is 31.2 Å². The Kier molecular flexibility index (Phi) is 4.09. The van der Waals surface area contributed by atoms with Crippen LogP contribution in [-0.2, 0) is 11.2 Å². The van der Waals surface area contributed by atoms with E-state index in [0.717, 1.165) is 11.1 Å². The third-order valence-corrected chi connectivity index (χ3v) is 4.37. The maximum Gasteiger partial charge on any atom is 0.254 e. The first kappa shape index (κ1) is 15.6. The summed E-state index contributed by atoms with van der Waals surface area (Å²) in [4.78, 5) is 26.7. The van der Waals surface area contributed by atoms with Gasteiger partial charge in [0.05, 0.1) is 16.3 Å². The third kappa shape index (κ3) is 2.94. The molecule has 1 heterocycles. The Balaban J connectivity index is 1.94. The quantitative estimate of drug-likeness (QED) is 0.921. The third-order valence-electron chi connectivity index (χ3n) is 4.06. The van der Waals surface area contributed by atoms with Crippen LogP contribution in [0.3, 0.4) is 0 Å². The van der Waals surface area contributed by atoms with E-state index in [0.29, 0.717) is 22.7 Å². The highest BCUT2D eigenvalue weighted by Crippen LogP contribution is 2.31. The smallest absolute Gasteiger partial charge is 0.254 e. The molecule has 5 heteroatoms. The lowest BCUT2D eigenvalue weighted by Crippen LogP contribution is -2.45. The minimum absolute atomic E-state index is 0.175. The van der Waals surface area contributed by atoms with Gasteiger partial charge in [0.2, 0.25) is 5.91 Å². The largest absolute Gasteiger partial charge is 0.340 e. The molecule has 2 aromatic rings. The minimum atomic E-state index is -0.612. The topological polar surface area (TPSA) is 49.4 Å². The van der Waals surface area contributed by atoms with Gasteiger partial charge >= 0.3 is 0 Å². The van der Waals surface area contributed by atoms with E-state index in [9.17, 15) is 9.59 Å². The standard InChI is InChI=1S/C18H17ClN2O2/c1-11-6-8-12(9-7-11)10-15-18(23)21(2)16-13(17(22)20-15)4-3-5-14(16)19/h3-9,15H,10H2,1-2H3,(H,20,22)/t15-/m1/s1. The molecule has 118 valence electrons. The molecule has 0 saturated heterocycles. The van der Waals surface area contributed by atoms with Gasteiger partial charge in [0.1, 0.15) is 6.04 Å². The predicted octanol–water partition coefficient (Wildman–Crippen LogP) is 2.97. The van der Waals surface area contributed by atoms with Gasteiger partial charge < -0.3 is 10.2 Å². The fourth-order valence-electron chi connectivity index (χ4n) is 2.78. The van der Waals surface area contributed by atoms with Gasteiger partial charge in [-0.3, -0.25) is 9.59 Å². The van der Waals surface area contributed by atoms with Gasteiger partial charge in [0.25, 0.3) is 5.91 Å². The molecule has 0 aliphatic carbocycles. The number of carbonyl (C=O) groups is 2. The van der Waals surface area contributed by atoms with Crippen molar-refractivity contribution in [1.29, 1.82) is 0 Å². The highest BCUT2D eigenvalue weighted by Gasteiger charge is 2.32. The summed E-state index contributed by atoms with van der Waals surface area (Å²) in [5.74, 6) is -0.455. The number of hydrogen-bond donors (Lipinski definition) is 1. The molecule has 23 heavy (non-hydrogen) atoms. The van der Waals surface area contributed by atoms with Gasteiger partial charge in [-0.05, 0) is 24.6 Å². The van der Waals surface area contributed by atoms with Crippen molar-refractivity contribution >= 4 is 29.1 Å². The zero-order chi connectivity index (χ0) is 16.6. The Bertz CT molecular complexity index is 771. The number of nitrogens with one attached hydrogen (secondary N) is 1. The fraction of sp³-hybridized carbons (Fsp3) is 0.222. The lowest BCUT2D eigenvalue weighted by atomic mass is 10.0. The highest BCUT2D eigenvalue weighted by molar-refractivity contribution is 6.35. The van der Waals surface area contributed by atoms with Crippen molar-refractivity contribution in [3.05, 3.63) is 64.2 Å². The summed E-state index contributed by atoms with van der Waals surface area (Å²) >= 11 is 6.19. The lowest BCUT2D eigenvalue weighted by Gasteiger charge is -2.21. The molecule has 0 aromatic heterocycles. The first-order valence-electron chi connectivity index (χ1n) is 7.40. The van der Waals surface area contributed by atoms with E-state index in [-0.39, 0.29) is 11.8 Å². The molecule has 0 radical (unpaired) electrons. The molecule has 0 unspecified atom stereocenters. The van der Waals surface area contributed by atoms with Crippen LogP contribution in [0.15, 0.2) is 42.5 Å². The van der Waals surface area contributed by atoms with Crippen LogP contribution in [0.1, 0.15) is 21.5 Å². The number of fused-ring (bicyclic) bond motifs is 1. The van der Waals surface area contributed by atoms with E-state index in [1.54, 1.807) is 25.2 Å². The second-order valence-electron chi connectivity index (χ2n) is 5.75. The number of carbonyl (C=O) groups excluding carboxylic acids is 2. The number of aryl methyl sites for hydroxylation is 1. The number of likely N-dealkylation sites (N-methyl/N-ethyl adjacent to an activating group) is 1. The SMILES string of the molecule is Cc1ccc(C[C@H]2NC(=O)c3cccc(Cl)c3N(C)C2=O)cc1. The number of para-hydroxylation sites is 1. The summed E-state index contributed by atoms with van der Waals surface area (Å²) in [6.45, 7) is 2.01. The van der Waals surface area contributed by atoms with Crippen molar-refractivity contribution in [2.45, 2.75) is 19.4 Å². The van der Waals surface area contributed by atoms with Crippen LogP contribution in [0.5, 0.6) is 0 Å². The Hall–Kier alpha value is -2.33. The maximum absolute atomic E-state index is 12.7. The predicted molar refractivity (Wildman–Crippen MR) is 91.0 cm³/mol. The number of rotatable bonds is 2. The zero-order valence-electron chi connectivity index (χ0n) is 13.0. The fourth-order valence-corrected chi connectivity index (χ4v) is 3.08. The molecule has 0 fully saturated rings. The lowest BCUT2D eigenvalue weighted by molar-refractivity contribution is -0.120. The minimum Gasteiger partial charge on any atom is -0.340 e. The normalized spacial score (nSPS) is 17.5. The number of amides is 2. The van der Waals surface area contributed by atoms with Crippen molar-refractivity contribution in [2.24, 2.45) is 0 Å². The van der Waals surface area contributed by atoms with Crippen LogP contribution in [0, 0.1) is 6.92 Å². The molecule has 0 bridgehead atoms. The van der Waals surface area contributed by atoms with Crippen molar-refractivity contribution in [3.63, 3.8) is 0 Å². The summed E-state index contributed by atoms with van der Waals surface area (Å²) in [6.07, 6.45) is 0.445. The van der Waals surface area contributed by atoms with E-state index < -0.39 is 6.04 Å². The van der Waals surface area contributed by atoms with Crippen molar-refractivity contribution in [2.75, 3.05) is 11.9 Å². The number of benzene rings is 2. The molecule has 1 aliphatic heterocycles. The summed E-state index contributed by atoms with van der Waals surface area (Å²) in [5.41, 5.74) is 3.03. The Morgan fingerprint density at radius 1 is 1.13 bits per heavy atom. The number of hydrogen-bond acceptors (Lipinski definition) is 2. The molecule has 4 nitrogen and oxygen atoms in total. The van der Waals surface area contributed by atoms with Gasteiger partial charge in [0.15, 0.2) is 0 Å². The summed E-state index contributed by atoms with van der Waals surface area (Å²) in [5, 5.41) is 3.21. The van der Waals surface area contributed by atoms with Gasteiger partial charge in [-0.25, -0.2) is 0 Å². The van der Waals surface area contributed by atoms with Gasteiger partial charge in [-0.1, -0.05) is 47.5 Å². The number of halogens is 1. The molecule has 0 saturated carbocycles. The Morgan fingerprint density at radius 2 is 1.83 bits per heavy atom. The molecule has 1 atom stereocenters. The molecule has 3 rings (SSSR count). The van der Waals surface area contributed by atoms with Gasteiger partial charge in [0, 0.05) is 13.5 Å². The number of anilines is 1. The van der Waals surface area contributed by atoms with Crippen LogP contribution in [0.2, 0.25) is 5.02 Å². The van der Waals surface area contributed by atoms with Gasteiger partial charge in [-0.2, -0.15) is 0 Å². The summed E-state index contributed by atoms with van der Waals surface area (Å²) < 4.78 is 0. The van der Waals surface area contributed by atoms with Crippen LogP contribution in [0.25, 0.3) is 0 Å². The first-order valence-corrected chi connectivity index (χ1v) is 7.77. The van der Waals surface area contributed by atoms with Crippen molar-refractivity contribution in [1.82, 2.24) is 5.32 Å². The molecule has 2 amide bonds. The molecule has 2 aromatic carbocycles. The van der Waals surface area contributed by atoms with Crippen molar-refractivity contribution in [3.8, 4) is 0 Å². The Labute approximate surface area is 140 Å². The molecular formula is C18H17ClN2O2. The van der Waals surface area contributed by atoms with Crippen LogP contribution in [0.4, 0.5) is 5.69 Å². The molecule has 0 spiro atoms. The summed E-state index contributed by atoms with van der Waals surface area (Å²) in [7, 11) is 1.65. The van der Waals surface area contributed by atoms with E-state index in [1.165, 1.54) is 4.90 Å². The van der Waals surface area contributed by atoms with Crippen molar-refractivity contribution < 1.29 is 9.59 Å². The van der Waals surface area contributed by atoms with Crippen LogP contribution >= 0.6 is 11.6 Å². The number of nitrogens with zero attached hydrogens (tertiary/aromatic N) is 1. The first-order chi connectivity index (χ1) is 11.0. The monoisotopic (exact) mass is 328 g/mol. The van der Waals surface area contributed by atoms with Gasteiger partial charge in [-0.15, -0.1) is 0 Å². The van der Waals surface area contributed by atoms with E-state index in [4.69, 9.17) is 11.6 Å². The molecular weight excluding hydrogens is 312 g/mol. The second-order valence-corrected chi connectivity index (χ2v) is 6.16. The van der Waals surface area contributed by atoms with Crippen LogP contribution < -0.4 is 10.2 Å². The van der Waals surface area contributed by atoms with E-state index in [2.05, 4.69) is 5.32 Å². The highest BCUT2D eigenvalue weighted by atomic mass is 35.5. The van der Waals surface area contributed by atoms with E-state index >= 15 is 0 Å². The van der Waals surface area contributed by atoms with Crippen LogP contribution in [-0.4, -0.2) is 24.9 Å².